The molecule has 0 aromatic heterocycles. The Labute approximate surface area is 119 Å². The van der Waals surface area contributed by atoms with E-state index in [1.54, 1.807) is 12.1 Å². The molecule has 0 aliphatic heterocycles. The molecule has 5 heteroatoms. The van der Waals surface area contributed by atoms with Gasteiger partial charge in [0.1, 0.15) is 0 Å². The van der Waals surface area contributed by atoms with Gasteiger partial charge in [-0.15, -0.1) is 0 Å². The van der Waals surface area contributed by atoms with E-state index in [0.717, 1.165) is 11.1 Å². The van der Waals surface area contributed by atoms with Gasteiger partial charge in [-0.1, -0.05) is 17.9 Å². The van der Waals surface area contributed by atoms with Crippen molar-refractivity contribution in [2.45, 2.75) is 19.3 Å². The Hall–Kier alpha value is -1.87. The third kappa shape index (κ3) is 5.41. The predicted molar refractivity (Wildman–Crippen MR) is 80.1 cm³/mol. The van der Waals surface area contributed by atoms with Crippen LogP contribution in [0.15, 0.2) is 18.2 Å². The van der Waals surface area contributed by atoms with Crippen LogP contribution >= 0.6 is 0 Å². The quantitative estimate of drug-likeness (QED) is 0.557. The van der Waals surface area contributed by atoms with Gasteiger partial charge in [-0.2, -0.15) is 0 Å². The molecule has 0 saturated heterocycles. The molecule has 0 atom stereocenters. The maximum absolute atomic E-state index is 11.6. The number of benzene rings is 1. The molecule has 0 aliphatic rings. The normalized spacial score (nSPS) is 9.75. The first-order valence-corrected chi connectivity index (χ1v) is 6.64. The van der Waals surface area contributed by atoms with Crippen molar-refractivity contribution < 1.29 is 9.90 Å². The summed E-state index contributed by atoms with van der Waals surface area (Å²) in [4.78, 5) is 11.6. The summed E-state index contributed by atoms with van der Waals surface area (Å²) < 4.78 is 0. The molecule has 1 aromatic carbocycles. The fourth-order valence-electron chi connectivity index (χ4n) is 1.74. The fourth-order valence-corrected chi connectivity index (χ4v) is 1.74. The third-order valence-electron chi connectivity index (χ3n) is 2.71. The van der Waals surface area contributed by atoms with Crippen molar-refractivity contribution in [1.29, 1.82) is 0 Å². The second-order valence-electron chi connectivity index (χ2n) is 4.29. The number of carbonyl (C=O) groups excluding carboxylic acids is 1. The largest absolute Gasteiger partial charge is 0.396 e. The lowest BCUT2D eigenvalue weighted by atomic mass is 10.0. The lowest BCUT2D eigenvalue weighted by Gasteiger charge is -2.08. The third-order valence-corrected chi connectivity index (χ3v) is 2.71. The Morgan fingerprint density at radius 1 is 1.35 bits per heavy atom. The van der Waals surface area contributed by atoms with E-state index >= 15 is 0 Å². The van der Waals surface area contributed by atoms with E-state index < -0.39 is 0 Å². The van der Waals surface area contributed by atoms with E-state index in [9.17, 15) is 4.79 Å². The number of hydrogen-bond donors (Lipinski definition) is 4. The SMILES string of the molecule is NCC#Cc1cc(NC(=O)CCCN)ccc1CCO. The molecule has 0 saturated carbocycles. The second kappa shape index (κ2) is 9.10. The van der Waals surface area contributed by atoms with Crippen molar-refractivity contribution in [1.82, 2.24) is 0 Å². The summed E-state index contributed by atoms with van der Waals surface area (Å²) in [5.74, 6) is 5.68. The summed E-state index contributed by atoms with van der Waals surface area (Å²) in [6.07, 6.45) is 1.59. The average molecular weight is 275 g/mol. The minimum atomic E-state index is -0.0666. The molecule has 0 unspecified atom stereocenters. The molecule has 0 heterocycles. The molecule has 5 nitrogen and oxygen atoms in total. The van der Waals surface area contributed by atoms with Crippen molar-refractivity contribution in [3.8, 4) is 11.8 Å². The van der Waals surface area contributed by atoms with Gasteiger partial charge in [-0.05, 0) is 37.1 Å². The topological polar surface area (TPSA) is 101 Å². The van der Waals surface area contributed by atoms with Crippen LogP contribution in [0.5, 0.6) is 0 Å². The van der Waals surface area contributed by atoms with Crippen LogP contribution in [0.1, 0.15) is 24.0 Å². The van der Waals surface area contributed by atoms with Crippen molar-refractivity contribution in [3.63, 3.8) is 0 Å². The number of aliphatic hydroxyl groups excluding tert-OH is 1. The first-order valence-electron chi connectivity index (χ1n) is 6.64. The number of hydrogen-bond acceptors (Lipinski definition) is 4. The van der Waals surface area contributed by atoms with Crippen LogP contribution in [-0.4, -0.2) is 30.7 Å². The number of carbonyl (C=O) groups is 1. The fraction of sp³-hybridized carbons (Fsp3) is 0.400. The van der Waals surface area contributed by atoms with Crippen LogP contribution in [0.3, 0.4) is 0 Å². The number of aliphatic hydroxyl groups is 1. The maximum atomic E-state index is 11.6. The molecule has 1 rings (SSSR count). The molecule has 0 bridgehead atoms. The Morgan fingerprint density at radius 2 is 2.15 bits per heavy atom. The van der Waals surface area contributed by atoms with Crippen LogP contribution in [0.25, 0.3) is 0 Å². The van der Waals surface area contributed by atoms with Crippen molar-refractivity contribution in [2.75, 3.05) is 25.0 Å². The van der Waals surface area contributed by atoms with Crippen LogP contribution in [0.2, 0.25) is 0 Å². The van der Waals surface area contributed by atoms with E-state index in [4.69, 9.17) is 16.6 Å². The van der Waals surface area contributed by atoms with Gasteiger partial charge in [-0.3, -0.25) is 4.79 Å². The van der Waals surface area contributed by atoms with Crippen molar-refractivity contribution in [3.05, 3.63) is 29.3 Å². The highest BCUT2D eigenvalue weighted by Crippen LogP contribution is 2.16. The zero-order valence-electron chi connectivity index (χ0n) is 11.5. The minimum Gasteiger partial charge on any atom is -0.396 e. The zero-order chi connectivity index (χ0) is 14.8. The zero-order valence-corrected chi connectivity index (χ0v) is 11.5. The molecular formula is C15H21N3O2. The average Bonchev–Trinajstić information content (AvgIpc) is 2.45. The number of amides is 1. The monoisotopic (exact) mass is 275 g/mol. The number of nitrogens with one attached hydrogen (secondary N) is 1. The first kappa shape index (κ1) is 16.2. The smallest absolute Gasteiger partial charge is 0.224 e. The molecule has 0 fully saturated rings. The van der Waals surface area contributed by atoms with E-state index in [2.05, 4.69) is 17.2 Å². The summed E-state index contributed by atoms with van der Waals surface area (Å²) in [5, 5.41) is 11.8. The van der Waals surface area contributed by atoms with Crippen LogP contribution in [0.4, 0.5) is 5.69 Å². The highest BCUT2D eigenvalue weighted by atomic mass is 16.3. The van der Waals surface area contributed by atoms with Gasteiger partial charge in [0.25, 0.3) is 0 Å². The molecular weight excluding hydrogens is 254 g/mol. The van der Waals surface area contributed by atoms with Gasteiger partial charge in [0, 0.05) is 24.3 Å². The van der Waals surface area contributed by atoms with E-state index in [-0.39, 0.29) is 19.1 Å². The van der Waals surface area contributed by atoms with Gasteiger partial charge >= 0.3 is 0 Å². The van der Waals surface area contributed by atoms with E-state index in [1.165, 1.54) is 0 Å². The number of nitrogens with two attached hydrogens (primary N) is 2. The number of anilines is 1. The molecule has 6 N–H and O–H groups in total. The van der Waals surface area contributed by atoms with E-state index in [1.807, 2.05) is 6.07 Å². The molecule has 0 radical (unpaired) electrons. The summed E-state index contributed by atoms with van der Waals surface area (Å²) in [6, 6.07) is 5.46. The lowest BCUT2D eigenvalue weighted by Crippen LogP contribution is -2.13. The van der Waals surface area contributed by atoms with Crippen LogP contribution in [0, 0.1) is 11.8 Å². The Bertz CT molecular complexity index is 504. The van der Waals surface area contributed by atoms with Gasteiger partial charge < -0.3 is 21.9 Å². The molecule has 20 heavy (non-hydrogen) atoms. The minimum absolute atomic E-state index is 0.0551. The van der Waals surface area contributed by atoms with Gasteiger partial charge in [0.05, 0.1) is 6.54 Å². The Morgan fingerprint density at radius 3 is 2.80 bits per heavy atom. The summed E-state index contributed by atoms with van der Waals surface area (Å²) in [7, 11) is 0. The predicted octanol–water partition coefficient (Wildman–Crippen LogP) is 0.209. The summed E-state index contributed by atoms with van der Waals surface area (Å²) in [5.41, 5.74) is 13.1. The van der Waals surface area contributed by atoms with Gasteiger partial charge in [0.15, 0.2) is 0 Å². The highest BCUT2D eigenvalue weighted by molar-refractivity contribution is 5.90. The van der Waals surface area contributed by atoms with Crippen LogP contribution < -0.4 is 16.8 Å². The molecule has 1 amide bonds. The van der Waals surface area contributed by atoms with Gasteiger partial charge in [0.2, 0.25) is 5.91 Å². The molecule has 0 aliphatic carbocycles. The maximum Gasteiger partial charge on any atom is 0.224 e. The van der Waals surface area contributed by atoms with Crippen molar-refractivity contribution >= 4 is 11.6 Å². The Balaban J connectivity index is 2.85. The standard InChI is InChI=1S/C15H21N3O2/c16-8-1-3-13-11-14(6-5-12(13)7-10-19)18-15(20)4-2-9-17/h5-6,11,19H,2,4,7-10,16-17H2,(H,18,20). The number of rotatable bonds is 6. The van der Waals surface area contributed by atoms with E-state index in [0.29, 0.717) is 31.5 Å². The summed E-state index contributed by atoms with van der Waals surface area (Å²) >= 11 is 0. The highest BCUT2D eigenvalue weighted by Gasteiger charge is 2.05. The Kier molecular flexibility index (Phi) is 7.36. The first-order chi connectivity index (χ1) is 9.71. The van der Waals surface area contributed by atoms with Crippen molar-refractivity contribution in [2.24, 2.45) is 11.5 Å². The second-order valence-corrected chi connectivity index (χ2v) is 4.29. The van der Waals surface area contributed by atoms with Crippen LogP contribution in [-0.2, 0) is 11.2 Å². The summed E-state index contributed by atoms with van der Waals surface area (Å²) in [6.45, 7) is 0.821. The molecule has 108 valence electrons. The van der Waals surface area contributed by atoms with Gasteiger partial charge in [-0.25, -0.2) is 0 Å². The molecule has 0 spiro atoms. The molecule has 1 aromatic rings. The lowest BCUT2D eigenvalue weighted by molar-refractivity contribution is -0.116.